The quantitative estimate of drug-likeness (QED) is 0.174. The lowest BCUT2D eigenvalue weighted by Gasteiger charge is -2.22. The van der Waals surface area contributed by atoms with Crippen LogP contribution >= 0.6 is 0 Å². The van der Waals surface area contributed by atoms with Gasteiger partial charge in [-0.15, -0.1) is 0 Å². The van der Waals surface area contributed by atoms with Crippen LogP contribution in [0.1, 0.15) is 51.4 Å². The van der Waals surface area contributed by atoms with Crippen molar-refractivity contribution in [3.05, 3.63) is 107 Å². The molecule has 0 fully saturated rings. The molecule has 4 aromatic rings. The summed E-state index contributed by atoms with van der Waals surface area (Å²) in [7, 11) is 3.07. The second-order valence-electron chi connectivity index (χ2n) is 9.37. The molecule has 0 spiro atoms. The van der Waals surface area contributed by atoms with Crippen molar-refractivity contribution < 1.29 is 34.7 Å². The number of benzene rings is 4. The van der Waals surface area contributed by atoms with Gasteiger partial charge >= 0.3 is 0 Å². The SMILES string of the molecule is COc1cc(O)c([C@H](CCc2ccc(O)cc2OC)c2ccc(O)cc2)cc1CCC(=O)c1ccc(O)cc1. The van der Waals surface area contributed by atoms with Gasteiger partial charge in [-0.05, 0) is 84.5 Å². The smallest absolute Gasteiger partial charge is 0.163 e. The molecule has 7 heteroatoms. The van der Waals surface area contributed by atoms with Crippen molar-refractivity contribution in [1.29, 1.82) is 0 Å². The number of phenols is 4. The molecule has 0 saturated heterocycles. The number of methoxy groups -OCH3 is 2. The molecule has 0 amide bonds. The topological polar surface area (TPSA) is 116 Å². The van der Waals surface area contributed by atoms with Gasteiger partial charge in [0.2, 0.25) is 0 Å². The fourth-order valence-corrected chi connectivity index (χ4v) is 4.79. The summed E-state index contributed by atoms with van der Waals surface area (Å²) in [6, 6.07) is 21.5. The van der Waals surface area contributed by atoms with Gasteiger partial charge in [-0.3, -0.25) is 4.79 Å². The molecule has 202 valence electrons. The van der Waals surface area contributed by atoms with Crippen LogP contribution in [0.2, 0.25) is 0 Å². The summed E-state index contributed by atoms with van der Waals surface area (Å²) >= 11 is 0. The third-order valence-corrected chi connectivity index (χ3v) is 6.88. The molecule has 0 saturated carbocycles. The Morgan fingerprint density at radius 2 is 1.28 bits per heavy atom. The standard InChI is InChI=1S/C32H32O7/c1-38-31-18-26(35)14-7-22(31)8-15-27(20-3-10-24(33)11-4-20)28-17-23(32(39-2)19-30(28)37)9-16-29(36)21-5-12-25(34)13-6-21/h3-7,10-14,17-19,27,33-35,37H,8-9,15-16H2,1-2H3/t27-/m1/s1. The first-order chi connectivity index (χ1) is 18.8. The van der Waals surface area contributed by atoms with Crippen LogP contribution in [0, 0.1) is 0 Å². The second-order valence-corrected chi connectivity index (χ2v) is 9.37. The van der Waals surface area contributed by atoms with Crippen LogP contribution in [0.4, 0.5) is 0 Å². The molecular weight excluding hydrogens is 496 g/mol. The Morgan fingerprint density at radius 1 is 0.692 bits per heavy atom. The van der Waals surface area contributed by atoms with E-state index < -0.39 is 0 Å². The predicted octanol–water partition coefficient (Wildman–Crippen LogP) is 6.11. The molecule has 0 aliphatic carbocycles. The van der Waals surface area contributed by atoms with Gasteiger partial charge in [-0.25, -0.2) is 0 Å². The molecule has 0 unspecified atom stereocenters. The van der Waals surface area contributed by atoms with E-state index in [0.717, 1.165) is 16.7 Å². The Morgan fingerprint density at radius 3 is 1.92 bits per heavy atom. The van der Waals surface area contributed by atoms with E-state index in [1.54, 1.807) is 49.6 Å². The van der Waals surface area contributed by atoms with Gasteiger partial charge in [0.15, 0.2) is 5.78 Å². The minimum absolute atomic E-state index is 0.0659. The number of ketones is 1. The summed E-state index contributed by atoms with van der Waals surface area (Å²) in [6.45, 7) is 0. The van der Waals surface area contributed by atoms with Crippen LogP contribution < -0.4 is 9.47 Å². The lowest BCUT2D eigenvalue weighted by atomic mass is 9.84. The van der Waals surface area contributed by atoms with Gasteiger partial charge in [0.05, 0.1) is 14.2 Å². The Balaban J connectivity index is 1.66. The first-order valence-corrected chi connectivity index (χ1v) is 12.7. The van der Waals surface area contributed by atoms with E-state index in [-0.39, 0.29) is 41.1 Å². The van der Waals surface area contributed by atoms with Crippen LogP contribution in [-0.2, 0) is 12.8 Å². The molecule has 0 aromatic heterocycles. The first-order valence-electron chi connectivity index (χ1n) is 12.7. The minimum Gasteiger partial charge on any atom is -0.508 e. The number of phenolic OH excluding ortho intramolecular Hbond substituents is 4. The fraction of sp³-hybridized carbons (Fsp3) is 0.219. The van der Waals surface area contributed by atoms with Crippen LogP contribution in [-0.4, -0.2) is 40.4 Å². The maximum absolute atomic E-state index is 12.8. The van der Waals surface area contributed by atoms with Crippen molar-refractivity contribution in [2.24, 2.45) is 0 Å². The summed E-state index contributed by atoms with van der Waals surface area (Å²) in [5.41, 5.74) is 3.77. The van der Waals surface area contributed by atoms with Crippen molar-refractivity contribution in [2.75, 3.05) is 14.2 Å². The molecule has 4 rings (SSSR count). The Labute approximate surface area is 227 Å². The summed E-state index contributed by atoms with van der Waals surface area (Å²) in [5, 5.41) is 40.3. The highest BCUT2D eigenvalue weighted by Gasteiger charge is 2.22. The second kappa shape index (κ2) is 12.3. The van der Waals surface area contributed by atoms with Gasteiger partial charge in [0, 0.05) is 35.6 Å². The van der Waals surface area contributed by atoms with E-state index in [1.165, 1.54) is 19.2 Å². The lowest BCUT2D eigenvalue weighted by Crippen LogP contribution is -2.07. The third-order valence-electron chi connectivity index (χ3n) is 6.88. The van der Waals surface area contributed by atoms with Crippen molar-refractivity contribution >= 4 is 5.78 Å². The molecule has 7 nitrogen and oxygen atoms in total. The summed E-state index contributed by atoms with van der Waals surface area (Å²) < 4.78 is 11.0. The van der Waals surface area contributed by atoms with Gasteiger partial charge in [-0.2, -0.15) is 0 Å². The maximum Gasteiger partial charge on any atom is 0.163 e. The highest BCUT2D eigenvalue weighted by molar-refractivity contribution is 5.96. The first kappa shape index (κ1) is 27.4. The normalized spacial score (nSPS) is 11.6. The van der Waals surface area contributed by atoms with Crippen LogP contribution in [0.25, 0.3) is 0 Å². The maximum atomic E-state index is 12.8. The summed E-state index contributed by atoms with van der Waals surface area (Å²) in [6.07, 6.45) is 1.80. The highest BCUT2D eigenvalue weighted by atomic mass is 16.5. The molecule has 0 aliphatic rings. The van der Waals surface area contributed by atoms with Crippen LogP contribution in [0.5, 0.6) is 34.5 Å². The number of carbonyl (C=O) groups excluding carboxylic acids is 1. The molecule has 4 aromatic carbocycles. The van der Waals surface area contributed by atoms with Gasteiger partial charge in [0.1, 0.15) is 34.5 Å². The van der Waals surface area contributed by atoms with Crippen LogP contribution in [0.15, 0.2) is 78.9 Å². The summed E-state index contributed by atoms with van der Waals surface area (Å²) in [5.74, 6) is 1.17. The van der Waals surface area contributed by atoms with E-state index in [4.69, 9.17) is 9.47 Å². The van der Waals surface area contributed by atoms with E-state index in [2.05, 4.69) is 0 Å². The number of ether oxygens (including phenoxy) is 2. The fourth-order valence-electron chi connectivity index (χ4n) is 4.79. The van der Waals surface area contributed by atoms with Crippen molar-refractivity contribution in [3.8, 4) is 34.5 Å². The number of carbonyl (C=O) groups is 1. The molecule has 0 bridgehead atoms. The third kappa shape index (κ3) is 6.62. The summed E-state index contributed by atoms with van der Waals surface area (Å²) in [4.78, 5) is 12.8. The van der Waals surface area contributed by atoms with Gasteiger partial charge in [0.25, 0.3) is 0 Å². The number of aromatic hydroxyl groups is 4. The van der Waals surface area contributed by atoms with E-state index >= 15 is 0 Å². The zero-order chi connectivity index (χ0) is 27.9. The molecule has 0 radical (unpaired) electrons. The van der Waals surface area contributed by atoms with E-state index in [1.807, 2.05) is 24.3 Å². The number of hydrogen-bond donors (Lipinski definition) is 4. The largest absolute Gasteiger partial charge is 0.508 e. The highest BCUT2D eigenvalue weighted by Crippen LogP contribution is 2.40. The number of hydrogen-bond acceptors (Lipinski definition) is 7. The van der Waals surface area contributed by atoms with Gasteiger partial charge in [-0.1, -0.05) is 18.2 Å². The van der Waals surface area contributed by atoms with Crippen LogP contribution in [0.3, 0.4) is 0 Å². The number of rotatable bonds is 11. The van der Waals surface area contributed by atoms with E-state index in [9.17, 15) is 25.2 Å². The lowest BCUT2D eigenvalue weighted by molar-refractivity contribution is 0.0982. The Kier molecular flexibility index (Phi) is 8.61. The number of aryl methyl sites for hydroxylation is 2. The minimum atomic E-state index is -0.249. The van der Waals surface area contributed by atoms with Crippen molar-refractivity contribution in [2.45, 2.75) is 31.6 Å². The molecule has 1 atom stereocenters. The van der Waals surface area contributed by atoms with Crippen molar-refractivity contribution in [3.63, 3.8) is 0 Å². The monoisotopic (exact) mass is 528 g/mol. The molecule has 0 heterocycles. The zero-order valence-corrected chi connectivity index (χ0v) is 21.9. The molecular formula is C32H32O7. The zero-order valence-electron chi connectivity index (χ0n) is 21.9. The number of Topliss-reactive ketones (excluding diaryl/α,β-unsaturated/α-hetero) is 1. The average molecular weight is 529 g/mol. The van der Waals surface area contributed by atoms with E-state index in [0.29, 0.717) is 41.9 Å². The van der Waals surface area contributed by atoms with Gasteiger partial charge < -0.3 is 29.9 Å². The Hall–Kier alpha value is -4.65. The Bertz CT molecular complexity index is 1430. The molecule has 4 N–H and O–H groups in total. The predicted molar refractivity (Wildman–Crippen MR) is 148 cm³/mol. The molecule has 39 heavy (non-hydrogen) atoms. The van der Waals surface area contributed by atoms with Crippen molar-refractivity contribution in [1.82, 2.24) is 0 Å². The molecule has 0 aliphatic heterocycles. The average Bonchev–Trinajstić information content (AvgIpc) is 2.94.